The second-order valence-electron chi connectivity index (χ2n) is 8.19. The molecule has 9 nitrogen and oxygen atoms in total. The molecule has 6 N–H and O–H groups in total. The van der Waals surface area contributed by atoms with Gasteiger partial charge in [0.1, 0.15) is 18.6 Å². The van der Waals surface area contributed by atoms with Gasteiger partial charge in [-0.05, 0) is 38.7 Å². The summed E-state index contributed by atoms with van der Waals surface area (Å²) in [5, 5.41) is 29.5. The number of nitrogens with one attached hydrogen (secondary N) is 2. The van der Waals surface area contributed by atoms with Gasteiger partial charge in [-0.3, -0.25) is 19.2 Å². The van der Waals surface area contributed by atoms with E-state index in [1.54, 1.807) is 0 Å². The average molecular weight is 510 g/mol. The Balaban J connectivity index is 0.000000203. The smallest absolute Gasteiger partial charge is 0.322 e. The highest BCUT2D eigenvalue weighted by molar-refractivity contribution is 7.80. The average Bonchev–Trinajstić information content (AvgIpc) is 2.88. The number of carboxylic acids is 2. The Bertz CT molecular complexity index is 1260. The van der Waals surface area contributed by atoms with Crippen LogP contribution in [0.4, 0.5) is 0 Å². The van der Waals surface area contributed by atoms with Gasteiger partial charge in [0.2, 0.25) is 11.8 Å². The second kappa shape index (κ2) is 12.2. The minimum atomic E-state index is -1.22. The van der Waals surface area contributed by atoms with Gasteiger partial charge in [-0.1, -0.05) is 60.7 Å². The summed E-state index contributed by atoms with van der Waals surface area (Å²) in [6, 6.07) is 19.7. The lowest BCUT2D eigenvalue weighted by Gasteiger charge is -2.16. The molecule has 188 valence electrons. The SMILES string of the molecule is N[C@@H](CCC(=O)N[C@@H](CS)C(=O)NCC(=O)O)C(=O)O.c1cc2ccc3cccc4ccc(c1)c2c34. The molecule has 0 aliphatic heterocycles. The van der Waals surface area contributed by atoms with Crippen molar-refractivity contribution in [3.05, 3.63) is 60.7 Å². The number of aliphatic carboxylic acids is 2. The number of carboxylic acid groups (broad SMARTS) is 2. The molecule has 0 fully saturated rings. The molecule has 0 aliphatic rings. The zero-order chi connectivity index (χ0) is 26.2. The first-order chi connectivity index (χ1) is 17.2. The molecule has 0 radical (unpaired) electrons. The summed E-state index contributed by atoms with van der Waals surface area (Å²) in [5.74, 6) is -3.70. The number of carbonyl (C=O) groups is 4. The van der Waals surface area contributed by atoms with E-state index in [9.17, 15) is 19.2 Å². The molecule has 0 heterocycles. The molecule has 4 rings (SSSR count). The maximum Gasteiger partial charge on any atom is 0.322 e. The van der Waals surface area contributed by atoms with Crippen molar-refractivity contribution < 1.29 is 29.4 Å². The Hall–Kier alpha value is -3.89. The molecule has 0 aliphatic carbocycles. The number of hydrogen-bond acceptors (Lipinski definition) is 6. The van der Waals surface area contributed by atoms with E-state index in [-0.39, 0.29) is 18.6 Å². The van der Waals surface area contributed by atoms with E-state index in [2.05, 4.69) is 83.9 Å². The van der Waals surface area contributed by atoms with Gasteiger partial charge in [0.15, 0.2) is 0 Å². The van der Waals surface area contributed by atoms with Crippen LogP contribution < -0.4 is 16.4 Å². The fourth-order valence-corrected chi connectivity index (χ4v) is 4.08. The normalized spacial score (nSPS) is 12.5. The third kappa shape index (κ3) is 6.61. The fourth-order valence-electron chi connectivity index (χ4n) is 3.83. The van der Waals surface area contributed by atoms with Gasteiger partial charge in [-0.2, -0.15) is 12.6 Å². The maximum atomic E-state index is 11.5. The van der Waals surface area contributed by atoms with Crippen LogP contribution in [0.5, 0.6) is 0 Å². The second-order valence-corrected chi connectivity index (χ2v) is 8.55. The van der Waals surface area contributed by atoms with Crippen molar-refractivity contribution in [3.63, 3.8) is 0 Å². The predicted octanol–water partition coefficient (Wildman–Crippen LogP) is 2.38. The molecular formula is C26H27N3O6S. The first-order valence-electron chi connectivity index (χ1n) is 11.2. The van der Waals surface area contributed by atoms with E-state index in [1.165, 1.54) is 32.3 Å². The Kier molecular flexibility index (Phi) is 9.04. The van der Waals surface area contributed by atoms with E-state index < -0.39 is 42.4 Å². The molecule has 36 heavy (non-hydrogen) atoms. The number of carbonyl (C=O) groups excluding carboxylic acids is 2. The molecule has 2 atom stereocenters. The van der Waals surface area contributed by atoms with Crippen LogP contribution in [0.15, 0.2) is 60.7 Å². The summed E-state index contributed by atoms with van der Waals surface area (Å²) in [4.78, 5) is 43.7. The zero-order valence-corrected chi connectivity index (χ0v) is 20.2. The van der Waals surface area contributed by atoms with Gasteiger partial charge in [0.05, 0.1) is 0 Å². The van der Waals surface area contributed by atoms with Gasteiger partial charge in [-0.15, -0.1) is 0 Å². The van der Waals surface area contributed by atoms with Gasteiger partial charge in [0, 0.05) is 12.2 Å². The highest BCUT2D eigenvalue weighted by Gasteiger charge is 2.21. The number of rotatable bonds is 9. The summed E-state index contributed by atoms with van der Waals surface area (Å²) in [6.45, 7) is -0.567. The predicted molar refractivity (Wildman–Crippen MR) is 141 cm³/mol. The van der Waals surface area contributed by atoms with Crippen molar-refractivity contribution in [1.82, 2.24) is 10.6 Å². The van der Waals surface area contributed by atoms with Gasteiger partial charge in [0.25, 0.3) is 0 Å². The van der Waals surface area contributed by atoms with Crippen LogP contribution in [0.1, 0.15) is 12.8 Å². The molecule has 0 aromatic heterocycles. The van der Waals surface area contributed by atoms with Crippen LogP contribution in [-0.2, 0) is 19.2 Å². The summed E-state index contributed by atoms with van der Waals surface area (Å²) < 4.78 is 0. The molecule has 0 unspecified atom stereocenters. The number of hydrogen-bond donors (Lipinski definition) is 6. The number of benzene rings is 4. The molecule has 0 spiro atoms. The van der Waals surface area contributed by atoms with Crippen LogP contribution in [0.3, 0.4) is 0 Å². The fraction of sp³-hybridized carbons (Fsp3) is 0.231. The Morgan fingerprint density at radius 2 is 1.31 bits per heavy atom. The Morgan fingerprint density at radius 3 is 1.69 bits per heavy atom. The number of amides is 2. The lowest BCUT2D eigenvalue weighted by molar-refractivity contribution is -0.139. The minimum Gasteiger partial charge on any atom is -0.480 e. The first kappa shape index (κ1) is 26.7. The van der Waals surface area contributed by atoms with E-state index >= 15 is 0 Å². The van der Waals surface area contributed by atoms with Crippen LogP contribution >= 0.6 is 12.6 Å². The molecule has 10 heteroatoms. The molecule has 0 saturated carbocycles. The monoisotopic (exact) mass is 509 g/mol. The van der Waals surface area contributed by atoms with Crippen molar-refractivity contribution in [1.29, 1.82) is 0 Å². The van der Waals surface area contributed by atoms with Crippen LogP contribution in [-0.4, -0.2) is 58.3 Å². The van der Waals surface area contributed by atoms with Crippen LogP contribution in [0, 0.1) is 0 Å². The van der Waals surface area contributed by atoms with Crippen molar-refractivity contribution in [2.24, 2.45) is 5.73 Å². The number of thiol groups is 1. The third-order valence-electron chi connectivity index (χ3n) is 5.64. The van der Waals surface area contributed by atoms with Crippen molar-refractivity contribution >= 4 is 68.7 Å². The van der Waals surface area contributed by atoms with E-state index in [4.69, 9.17) is 15.9 Å². The van der Waals surface area contributed by atoms with Gasteiger partial charge in [-0.25, -0.2) is 0 Å². The summed E-state index contributed by atoms with van der Waals surface area (Å²) >= 11 is 3.87. The standard InChI is InChI=1S/C16H10.C10H17N3O6S/c1-3-11-7-9-13-5-2-6-14-10-8-12(4-1)15(11)16(13)14;11-5(10(18)19)1-2-7(14)13-6(4-20)9(17)12-3-8(15)16/h1-10H;5-6,20H,1-4,11H2,(H,12,17)(H,13,14)(H,15,16)(H,18,19)/t;5-,6-/m.0/s1. The van der Waals surface area contributed by atoms with Crippen molar-refractivity contribution in [2.45, 2.75) is 24.9 Å². The largest absolute Gasteiger partial charge is 0.480 e. The van der Waals surface area contributed by atoms with Crippen molar-refractivity contribution in [2.75, 3.05) is 12.3 Å². The summed E-state index contributed by atoms with van der Waals surface area (Å²) in [5.41, 5.74) is 5.23. The Labute approximate surface area is 212 Å². The van der Waals surface area contributed by atoms with E-state index in [0.29, 0.717) is 0 Å². The lowest BCUT2D eigenvalue weighted by Crippen LogP contribution is -2.49. The highest BCUT2D eigenvalue weighted by Crippen LogP contribution is 2.33. The molecule has 0 bridgehead atoms. The van der Waals surface area contributed by atoms with Gasteiger partial charge >= 0.3 is 11.9 Å². The quantitative estimate of drug-likeness (QED) is 0.149. The Morgan fingerprint density at radius 1 is 0.833 bits per heavy atom. The maximum absolute atomic E-state index is 11.5. The first-order valence-corrected chi connectivity index (χ1v) is 11.8. The molecular weight excluding hydrogens is 482 g/mol. The molecule has 2 amide bonds. The zero-order valence-electron chi connectivity index (χ0n) is 19.3. The minimum absolute atomic E-state index is 0.0256. The summed E-state index contributed by atoms with van der Waals surface area (Å²) in [6.07, 6.45) is -0.235. The van der Waals surface area contributed by atoms with E-state index in [1.807, 2.05) is 0 Å². The topological polar surface area (TPSA) is 159 Å². The van der Waals surface area contributed by atoms with E-state index in [0.717, 1.165) is 0 Å². The number of nitrogens with two attached hydrogens (primary N) is 1. The lowest BCUT2D eigenvalue weighted by atomic mass is 9.95. The highest BCUT2D eigenvalue weighted by atomic mass is 32.1. The van der Waals surface area contributed by atoms with Crippen LogP contribution in [0.2, 0.25) is 0 Å². The summed E-state index contributed by atoms with van der Waals surface area (Å²) in [7, 11) is 0. The molecule has 4 aromatic rings. The molecule has 4 aromatic carbocycles. The van der Waals surface area contributed by atoms with Crippen molar-refractivity contribution in [3.8, 4) is 0 Å². The van der Waals surface area contributed by atoms with Crippen LogP contribution in [0.25, 0.3) is 32.3 Å². The molecule has 0 saturated heterocycles. The van der Waals surface area contributed by atoms with Gasteiger partial charge < -0.3 is 26.6 Å². The third-order valence-corrected chi connectivity index (χ3v) is 6.01.